The number of hydrogen-bond donors (Lipinski definition) is 2. The van der Waals surface area contributed by atoms with Crippen LogP contribution in [0.4, 0.5) is 8.78 Å². The van der Waals surface area contributed by atoms with Crippen molar-refractivity contribution in [3.63, 3.8) is 0 Å². The van der Waals surface area contributed by atoms with E-state index in [-0.39, 0.29) is 17.0 Å². The molecule has 116 valence electrons. The van der Waals surface area contributed by atoms with Crippen molar-refractivity contribution in [2.24, 2.45) is 0 Å². The van der Waals surface area contributed by atoms with Gasteiger partial charge in [-0.15, -0.1) is 5.10 Å². The van der Waals surface area contributed by atoms with E-state index in [1.165, 1.54) is 13.1 Å². The van der Waals surface area contributed by atoms with Crippen LogP contribution in [-0.4, -0.2) is 54.3 Å². The Balaban J connectivity index is 2.11. The second-order valence-electron chi connectivity index (χ2n) is 4.97. The monoisotopic (exact) mass is 311 g/mol. The first-order valence-electron chi connectivity index (χ1n) is 6.33. The van der Waals surface area contributed by atoms with Gasteiger partial charge in [0.15, 0.2) is 11.8 Å². The topological polar surface area (TPSA) is 117 Å². The number of rotatable bonds is 2. The molecular weight excluding hydrogens is 300 g/mol. The Hall–Kier alpha value is -2.22. The third-order valence-corrected chi connectivity index (χ3v) is 3.65. The molecule has 0 aromatic carbocycles. The zero-order valence-electron chi connectivity index (χ0n) is 11.3. The molecule has 0 radical (unpaired) electrons. The summed E-state index contributed by atoms with van der Waals surface area (Å²) in [5.74, 6) is 0. The van der Waals surface area contributed by atoms with Crippen LogP contribution in [0.5, 0.6) is 0 Å². The third-order valence-electron chi connectivity index (χ3n) is 3.65. The predicted octanol–water partition coefficient (Wildman–Crippen LogP) is -0.403. The molecule has 0 amide bonds. The Bertz CT molecular complexity index is 776. The number of aromatic nitrogens is 4. The number of fused-ring (bicyclic) bond motifs is 1. The number of imidazole rings is 1. The summed E-state index contributed by atoms with van der Waals surface area (Å²) >= 11 is 0. The minimum atomic E-state index is -2.09. The normalized spacial score (nSPS) is 31.5. The van der Waals surface area contributed by atoms with Gasteiger partial charge in [-0.2, -0.15) is 9.65 Å². The number of nitrogens with zero attached hydrogens (tertiary/aromatic N) is 5. The largest absolute Gasteiger partial charge is 0.392 e. The fourth-order valence-electron chi connectivity index (χ4n) is 2.46. The highest BCUT2D eigenvalue weighted by molar-refractivity contribution is 5.43. The van der Waals surface area contributed by atoms with Gasteiger partial charge in [-0.3, -0.25) is 0 Å². The average Bonchev–Trinajstić information content (AvgIpc) is 3.01. The predicted molar refractivity (Wildman–Crippen MR) is 65.6 cm³/mol. The molecule has 22 heavy (non-hydrogen) atoms. The summed E-state index contributed by atoms with van der Waals surface area (Å²) in [6.07, 6.45) is -5.13. The van der Waals surface area contributed by atoms with E-state index in [1.54, 1.807) is 6.07 Å². The number of ether oxygens (including phenoxy) is 1. The summed E-state index contributed by atoms with van der Waals surface area (Å²) in [7, 11) is 0. The van der Waals surface area contributed by atoms with Crippen molar-refractivity contribution in [3.05, 3.63) is 23.7 Å². The van der Waals surface area contributed by atoms with Crippen molar-refractivity contribution < 1.29 is 23.7 Å². The maximum Gasteiger partial charge on any atom is 0.326 e. The van der Waals surface area contributed by atoms with Crippen molar-refractivity contribution in [2.45, 2.75) is 30.9 Å². The molecule has 1 saturated heterocycles. The molecule has 8 nitrogen and oxygen atoms in total. The molecule has 0 spiro atoms. The first kappa shape index (κ1) is 14.7. The highest BCUT2D eigenvalue weighted by atomic mass is 19.1. The van der Waals surface area contributed by atoms with Crippen LogP contribution in [0.15, 0.2) is 6.20 Å². The minimum Gasteiger partial charge on any atom is -0.392 e. The van der Waals surface area contributed by atoms with E-state index in [1.807, 2.05) is 0 Å². The van der Waals surface area contributed by atoms with Crippen molar-refractivity contribution in [1.82, 2.24) is 19.6 Å². The molecule has 2 N–H and O–H groups in total. The van der Waals surface area contributed by atoms with Crippen LogP contribution in [0.25, 0.3) is 5.65 Å². The Kier molecular flexibility index (Phi) is 3.28. The summed E-state index contributed by atoms with van der Waals surface area (Å²) in [6, 6.07) is 1.57. The van der Waals surface area contributed by atoms with Crippen LogP contribution in [-0.2, 0) is 4.74 Å². The molecule has 2 aromatic heterocycles. The molecule has 0 aliphatic carbocycles. The van der Waals surface area contributed by atoms with Gasteiger partial charge < -0.3 is 14.9 Å². The maximum atomic E-state index is 14.3. The lowest BCUT2D eigenvalue weighted by Gasteiger charge is -2.20. The highest BCUT2D eigenvalue weighted by Crippen LogP contribution is 2.41. The molecule has 1 aliphatic rings. The van der Waals surface area contributed by atoms with Crippen molar-refractivity contribution in [1.29, 1.82) is 5.26 Å². The first-order chi connectivity index (χ1) is 10.4. The Morgan fingerprint density at radius 3 is 2.91 bits per heavy atom. The zero-order chi connectivity index (χ0) is 16.1. The van der Waals surface area contributed by atoms with Gasteiger partial charge in [0, 0.05) is 0 Å². The van der Waals surface area contributed by atoms with E-state index < -0.39 is 36.7 Å². The van der Waals surface area contributed by atoms with E-state index in [2.05, 4.69) is 15.1 Å². The average molecular weight is 311 g/mol. The maximum absolute atomic E-state index is 14.3. The van der Waals surface area contributed by atoms with E-state index in [4.69, 9.17) is 10.00 Å². The summed E-state index contributed by atoms with van der Waals surface area (Å²) in [6.45, 7) is 0.613. The standard InChI is InChI=1S/C12H11F2N5O3/c1-5-10-16-2-6(19(10)18-11(14)17-5)8-7(13)9(21)12(3-15,4-20)22-8/h2,7-9,20-21H,4H2,1H3/t7-,8-,9-,12+/m0/s1. The number of halogens is 2. The lowest BCUT2D eigenvalue weighted by atomic mass is 9.97. The zero-order valence-corrected chi connectivity index (χ0v) is 11.3. The molecule has 0 unspecified atom stereocenters. The lowest BCUT2D eigenvalue weighted by Crippen LogP contribution is -2.44. The van der Waals surface area contributed by atoms with Gasteiger partial charge in [0.25, 0.3) is 0 Å². The Morgan fingerprint density at radius 2 is 2.32 bits per heavy atom. The Morgan fingerprint density at radius 1 is 1.59 bits per heavy atom. The van der Waals surface area contributed by atoms with Gasteiger partial charge in [-0.25, -0.2) is 18.9 Å². The number of nitriles is 1. The van der Waals surface area contributed by atoms with Crippen LogP contribution in [0, 0.1) is 24.3 Å². The number of hydrogen-bond acceptors (Lipinski definition) is 7. The van der Waals surface area contributed by atoms with Crippen LogP contribution < -0.4 is 0 Å². The van der Waals surface area contributed by atoms with Gasteiger partial charge in [0.2, 0.25) is 5.60 Å². The van der Waals surface area contributed by atoms with Crippen LogP contribution in [0.2, 0.25) is 0 Å². The van der Waals surface area contributed by atoms with E-state index in [0.717, 1.165) is 4.52 Å². The van der Waals surface area contributed by atoms with Crippen molar-refractivity contribution >= 4 is 5.65 Å². The first-order valence-corrected chi connectivity index (χ1v) is 6.33. The smallest absolute Gasteiger partial charge is 0.326 e. The third kappa shape index (κ3) is 1.87. The summed E-state index contributed by atoms with van der Waals surface area (Å²) < 4.78 is 33.9. The minimum absolute atomic E-state index is 0.0107. The number of aryl methyl sites for hydroxylation is 1. The molecule has 4 atom stereocenters. The summed E-state index contributed by atoms with van der Waals surface area (Å²) in [5.41, 5.74) is -1.65. The molecule has 3 rings (SSSR count). The number of aliphatic hydroxyl groups excluding tert-OH is 2. The van der Waals surface area contributed by atoms with E-state index in [9.17, 15) is 19.0 Å². The van der Waals surface area contributed by atoms with Gasteiger partial charge >= 0.3 is 6.08 Å². The Labute approximate surface area is 122 Å². The summed E-state index contributed by atoms with van der Waals surface area (Å²) in [5, 5.41) is 31.6. The fourth-order valence-corrected chi connectivity index (χ4v) is 2.46. The summed E-state index contributed by atoms with van der Waals surface area (Å²) in [4.78, 5) is 7.46. The lowest BCUT2D eigenvalue weighted by molar-refractivity contribution is -0.0746. The van der Waals surface area contributed by atoms with Gasteiger partial charge in [-0.05, 0) is 6.92 Å². The van der Waals surface area contributed by atoms with Crippen LogP contribution >= 0.6 is 0 Å². The van der Waals surface area contributed by atoms with Crippen LogP contribution in [0.1, 0.15) is 17.5 Å². The second-order valence-corrected chi connectivity index (χ2v) is 4.97. The van der Waals surface area contributed by atoms with E-state index >= 15 is 0 Å². The van der Waals surface area contributed by atoms with Gasteiger partial charge in [0.1, 0.15) is 18.3 Å². The highest BCUT2D eigenvalue weighted by Gasteiger charge is 2.57. The molecule has 0 bridgehead atoms. The van der Waals surface area contributed by atoms with E-state index in [0.29, 0.717) is 0 Å². The van der Waals surface area contributed by atoms with Crippen molar-refractivity contribution in [3.8, 4) is 6.07 Å². The number of aliphatic hydroxyl groups is 2. The van der Waals surface area contributed by atoms with Crippen LogP contribution in [0.3, 0.4) is 0 Å². The van der Waals surface area contributed by atoms with Gasteiger partial charge in [0.05, 0.1) is 24.2 Å². The fraction of sp³-hybridized carbons (Fsp3) is 0.500. The molecule has 1 fully saturated rings. The molecule has 0 saturated carbocycles. The SMILES string of the molecule is Cc1nc(F)nn2c([C@@H]3O[C@](C#N)(CO)[C@@H](O)[C@H]3F)cnc12. The number of alkyl halides is 1. The van der Waals surface area contributed by atoms with Gasteiger partial charge in [-0.1, -0.05) is 0 Å². The van der Waals surface area contributed by atoms with Crippen molar-refractivity contribution in [2.75, 3.05) is 6.61 Å². The molecular formula is C12H11F2N5O3. The molecule has 1 aliphatic heterocycles. The second kappa shape index (κ2) is 4.91. The molecule has 2 aromatic rings. The molecule has 3 heterocycles. The molecule has 10 heteroatoms. The quantitative estimate of drug-likeness (QED) is 0.774.